The Bertz CT molecular complexity index is 614. The second kappa shape index (κ2) is 8.52. The number of amides is 2. The van der Waals surface area contributed by atoms with Crippen LogP contribution < -0.4 is 10.6 Å². The molecular weight excluding hydrogens is 314 g/mol. The minimum absolute atomic E-state index is 0.0648. The summed E-state index contributed by atoms with van der Waals surface area (Å²) in [7, 11) is 1.96. The molecule has 0 aromatic carbocycles. The Labute approximate surface area is 151 Å². The van der Waals surface area contributed by atoms with Crippen LogP contribution in [0.2, 0.25) is 0 Å². The van der Waals surface area contributed by atoms with Crippen molar-refractivity contribution in [2.45, 2.75) is 59.0 Å². The lowest BCUT2D eigenvalue weighted by atomic mass is 10.0. The Balaban J connectivity index is 1.76. The molecule has 1 aliphatic rings. The number of nitrogens with zero attached hydrogens (tertiary/aromatic N) is 3. The largest absolute Gasteiger partial charge is 0.335 e. The van der Waals surface area contributed by atoms with E-state index < -0.39 is 0 Å². The number of carbonyl (C=O) groups excluding carboxylic acids is 1. The fraction of sp³-hybridized carbons (Fsp3) is 0.684. The topological polar surface area (TPSA) is 62.2 Å². The summed E-state index contributed by atoms with van der Waals surface area (Å²) in [5.74, 6) is 0. The second-order valence-corrected chi connectivity index (χ2v) is 7.50. The number of likely N-dealkylation sites (tertiary alicyclic amines) is 1. The molecule has 0 unspecified atom stereocenters. The molecule has 2 rings (SSSR count). The zero-order chi connectivity index (χ0) is 18.6. The molecule has 2 amide bonds. The van der Waals surface area contributed by atoms with Crippen molar-refractivity contribution in [3.63, 3.8) is 0 Å². The molecule has 1 aromatic heterocycles. The standard InChI is InChI=1S/C19H33N5O/c1-13(2)12-24-9-7-17(8-10-24)21-19(25)20-14(3)11-18-15(4)22-23(6)16(18)5/h14,17H,1,7-12H2,2-6H3,(H2,20,21,25)/t14-/m1/s1. The number of carbonyl (C=O) groups is 1. The minimum Gasteiger partial charge on any atom is -0.335 e. The van der Waals surface area contributed by atoms with E-state index in [1.54, 1.807) is 0 Å². The quantitative estimate of drug-likeness (QED) is 0.776. The number of hydrogen-bond donors (Lipinski definition) is 2. The maximum absolute atomic E-state index is 12.3. The van der Waals surface area contributed by atoms with Crippen LogP contribution in [0.15, 0.2) is 12.2 Å². The van der Waals surface area contributed by atoms with Crippen molar-refractivity contribution in [1.82, 2.24) is 25.3 Å². The van der Waals surface area contributed by atoms with Gasteiger partial charge in [0.05, 0.1) is 5.69 Å². The number of rotatable bonds is 6. The van der Waals surface area contributed by atoms with Crippen molar-refractivity contribution in [1.29, 1.82) is 0 Å². The van der Waals surface area contributed by atoms with E-state index in [9.17, 15) is 4.79 Å². The summed E-state index contributed by atoms with van der Waals surface area (Å²) < 4.78 is 1.90. The fourth-order valence-electron chi connectivity index (χ4n) is 3.54. The van der Waals surface area contributed by atoms with Gasteiger partial charge in [0.2, 0.25) is 0 Å². The molecule has 140 valence electrons. The van der Waals surface area contributed by atoms with Gasteiger partial charge in [0.25, 0.3) is 0 Å². The molecule has 1 aliphatic heterocycles. The summed E-state index contributed by atoms with van der Waals surface area (Å²) >= 11 is 0. The highest BCUT2D eigenvalue weighted by molar-refractivity contribution is 5.74. The van der Waals surface area contributed by atoms with Crippen LogP contribution in [0.3, 0.4) is 0 Å². The number of nitrogens with one attached hydrogen (secondary N) is 2. The third-order valence-corrected chi connectivity index (χ3v) is 4.96. The number of aryl methyl sites for hydroxylation is 2. The first kappa shape index (κ1) is 19.5. The molecule has 1 atom stereocenters. The molecule has 1 fully saturated rings. The Hall–Kier alpha value is -1.82. The van der Waals surface area contributed by atoms with Crippen molar-refractivity contribution in [2.75, 3.05) is 19.6 Å². The first-order valence-corrected chi connectivity index (χ1v) is 9.19. The molecule has 2 N–H and O–H groups in total. The average Bonchev–Trinajstić information content (AvgIpc) is 2.75. The van der Waals surface area contributed by atoms with E-state index >= 15 is 0 Å². The first-order valence-electron chi connectivity index (χ1n) is 9.19. The Kier molecular flexibility index (Phi) is 6.64. The van der Waals surface area contributed by atoms with Crippen molar-refractivity contribution in [3.8, 4) is 0 Å². The van der Waals surface area contributed by atoms with E-state index in [0.29, 0.717) is 0 Å². The van der Waals surface area contributed by atoms with Gasteiger partial charge in [-0.15, -0.1) is 0 Å². The SMILES string of the molecule is C=C(C)CN1CCC(NC(=O)N[C@H](C)Cc2c(C)nn(C)c2C)CC1. The highest BCUT2D eigenvalue weighted by Crippen LogP contribution is 2.14. The van der Waals surface area contributed by atoms with Gasteiger partial charge in [-0.2, -0.15) is 5.10 Å². The van der Waals surface area contributed by atoms with Crippen LogP contribution in [0.5, 0.6) is 0 Å². The molecule has 6 heteroatoms. The molecule has 0 bridgehead atoms. The van der Waals surface area contributed by atoms with E-state index in [4.69, 9.17) is 0 Å². The zero-order valence-corrected chi connectivity index (χ0v) is 16.4. The van der Waals surface area contributed by atoms with Crippen LogP contribution in [0, 0.1) is 13.8 Å². The van der Waals surface area contributed by atoms with Gasteiger partial charge >= 0.3 is 6.03 Å². The molecule has 1 aromatic rings. The van der Waals surface area contributed by atoms with Crippen LogP contribution in [-0.4, -0.2) is 52.4 Å². The average molecular weight is 348 g/mol. The smallest absolute Gasteiger partial charge is 0.315 e. The van der Waals surface area contributed by atoms with Crippen LogP contribution in [-0.2, 0) is 13.5 Å². The Morgan fingerprint density at radius 3 is 2.52 bits per heavy atom. The number of piperidine rings is 1. The van der Waals surface area contributed by atoms with E-state index in [1.165, 1.54) is 11.1 Å². The summed E-state index contributed by atoms with van der Waals surface area (Å²) in [5, 5.41) is 10.6. The molecular formula is C19H33N5O. The summed E-state index contributed by atoms with van der Waals surface area (Å²) in [5.41, 5.74) is 4.62. The summed E-state index contributed by atoms with van der Waals surface area (Å²) in [6.07, 6.45) is 2.79. The molecule has 0 saturated carbocycles. The Morgan fingerprint density at radius 1 is 1.36 bits per heavy atom. The monoisotopic (exact) mass is 347 g/mol. The maximum atomic E-state index is 12.3. The summed E-state index contributed by atoms with van der Waals surface area (Å²) in [6, 6.07) is 0.269. The van der Waals surface area contributed by atoms with E-state index in [0.717, 1.165) is 50.3 Å². The second-order valence-electron chi connectivity index (χ2n) is 7.50. The third-order valence-electron chi connectivity index (χ3n) is 4.96. The lowest BCUT2D eigenvalue weighted by Crippen LogP contribution is -2.50. The summed E-state index contributed by atoms with van der Waals surface area (Å²) in [6.45, 7) is 15.2. The predicted octanol–water partition coefficient (Wildman–Crippen LogP) is 2.31. The normalized spacial score (nSPS) is 17.3. The molecule has 0 radical (unpaired) electrons. The maximum Gasteiger partial charge on any atom is 0.315 e. The lowest BCUT2D eigenvalue weighted by Gasteiger charge is -2.32. The van der Waals surface area contributed by atoms with Crippen LogP contribution in [0.25, 0.3) is 0 Å². The zero-order valence-electron chi connectivity index (χ0n) is 16.4. The molecule has 25 heavy (non-hydrogen) atoms. The van der Waals surface area contributed by atoms with Crippen molar-refractivity contribution < 1.29 is 4.79 Å². The Morgan fingerprint density at radius 2 is 2.00 bits per heavy atom. The molecule has 1 saturated heterocycles. The molecule has 2 heterocycles. The minimum atomic E-state index is -0.0648. The van der Waals surface area contributed by atoms with Gasteiger partial charge in [0.15, 0.2) is 0 Å². The van der Waals surface area contributed by atoms with Gasteiger partial charge in [-0.25, -0.2) is 4.79 Å². The third kappa shape index (κ3) is 5.59. The number of hydrogen-bond acceptors (Lipinski definition) is 3. The predicted molar refractivity (Wildman–Crippen MR) is 102 cm³/mol. The van der Waals surface area contributed by atoms with Crippen LogP contribution in [0.4, 0.5) is 4.79 Å². The lowest BCUT2D eigenvalue weighted by molar-refractivity contribution is 0.200. The fourth-order valence-corrected chi connectivity index (χ4v) is 3.54. The van der Waals surface area contributed by atoms with Gasteiger partial charge in [-0.3, -0.25) is 9.58 Å². The van der Waals surface area contributed by atoms with Crippen LogP contribution in [0.1, 0.15) is 43.6 Å². The van der Waals surface area contributed by atoms with Crippen LogP contribution >= 0.6 is 0 Å². The highest BCUT2D eigenvalue weighted by Gasteiger charge is 2.21. The summed E-state index contributed by atoms with van der Waals surface area (Å²) in [4.78, 5) is 14.7. The number of aromatic nitrogens is 2. The highest BCUT2D eigenvalue weighted by atomic mass is 16.2. The molecule has 0 spiro atoms. The van der Waals surface area contributed by atoms with Gasteiger partial charge in [-0.1, -0.05) is 12.2 Å². The van der Waals surface area contributed by atoms with Crippen molar-refractivity contribution >= 4 is 6.03 Å². The van der Waals surface area contributed by atoms with Gasteiger partial charge in [0, 0.05) is 44.5 Å². The van der Waals surface area contributed by atoms with Crippen molar-refractivity contribution in [3.05, 3.63) is 29.1 Å². The van der Waals surface area contributed by atoms with Crippen molar-refractivity contribution in [2.24, 2.45) is 7.05 Å². The van der Waals surface area contributed by atoms with E-state index in [2.05, 4.69) is 41.1 Å². The van der Waals surface area contributed by atoms with Gasteiger partial charge in [-0.05, 0) is 52.5 Å². The molecule has 0 aliphatic carbocycles. The van der Waals surface area contributed by atoms with E-state index in [-0.39, 0.29) is 18.1 Å². The number of urea groups is 1. The first-order chi connectivity index (χ1) is 11.8. The van der Waals surface area contributed by atoms with Gasteiger partial charge < -0.3 is 10.6 Å². The molecule has 6 nitrogen and oxygen atoms in total. The van der Waals surface area contributed by atoms with Gasteiger partial charge in [0.1, 0.15) is 0 Å². The van der Waals surface area contributed by atoms with E-state index in [1.807, 2.05) is 25.6 Å².